The minimum atomic E-state index is -1.05. The largest absolute Gasteiger partial charge is 0.481 e. The highest BCUT2D eigenvalue weighted by Crippen LogP contribution is 2.24. The van der Waals surface area contributed by atoms with Crippen LogP contribution in [0.4, 0.5) is 0 Å². The molecule has 1 heterocycles. The molecule has 1 saturated heterocycles. The third-order valence-electron chi connectivity index (χ3n) is 3.62. The normalized spacial score (nSPS) is 21.7. The van der Waals surface area contributed by atoms with Crippen LogP contribution in [0.3, 0.4) is 0 Å². The molecule has 6 heteroatoms. The van der Waals surface area contributed by atoms with Crippen molar-refractivity contribution in [2.75, 3.05) is 13.2 Å². The molecule has 0 radical (unpaired) electrons. The summed E-state index contributed by atoms with van der Waals surface area (Å²) in [5.41, 5.74) is 1.19. The number of ether oxygens (including phenoxy) is 2. The van der Waals surface area contributed by atoms with E-state index < -0.39 is 24.1 Å². The molecule has 0 unspecified atom stereocenters. The summed E-state index contributed by atoms with van der Waals surface area (Å²) < 4.78 is 11.2. The number of hydrogen-bond acceptors (Lipinski definition) is 4. The molecule has 0 saturated carbocycles. The summed E-state index contributed by atoms with van der Waals surface area (Å²) in [6, 6.07) is 9.96. The quantitative estimate of drug-likeness (QED) is 0.797. The van der Waals surface area contributed by atoms with Crippen molar-refractivity contribution in [3.05, 3.63) is 35.9 Å². The maximum Gasteiger partial charge on any atom is 0.303 e. The summed E-state index contributed by atoms with van der Waals surface area (Å²) >= 11 is 0. The maximum absolute atomic E-state index is 10.8. The maximum atomic E-state index is 10.8. The van der Waals surface area contributed by atoms with Gasteiger partial charge in [-0.15, -0.1) is 0 Å². The summed E-state index contributed by atoms with van der Waals surface area (Å²) in [7, 11) is 0. The first-order valence-corrected chi connectivity index (χ1v) is 7.25. The van der Waals surface area contributed by atoms with Gasteiger partial charge in [0, 0.05) is 11.8 Å². The number of rotatable bonds is 7. The first kappa shape index (κ1) is 16.5. The second-order valence-electron chi connectivity index (χ2n) is 5.55. The van der Waals surface area contributed by atoms with Gasteiger partial charge in [0.1, 0.15) is 0 Å². The van der Waals surface area contributed by atoms with E-state index in [4.69, 9.17) is 19.7 Å². The number of aliphatic carboxylic acids is 2. The van der Waals surface area contributed by atoms with Gasteiger partial charge in [0.05, 0.1) is 26.1 Å². The van der Waals surface area contributed by atoms with Gasteiger partial charge in [0.25, 0.3) is 0 Å². The molecule has 1 fully saturated rings. The van der Waals surface area contributed by atoms with E-state index >= 15 is 0 Å². The second kappa shape index (κ2) is 7.91. The number of benzene rings is 1. The fourth-order valence-corrected chi connectivity index (χ4v) is 2.61. The van der Waals surface area contributed by atoms with Crippen LogP contribution < -0.4 is 0 Å². The van der Waals surface area contributed by atoms with E-state index in [-0.39, 0.29) is 18.8 Å². The molecule has 2 N–H and O–H groups in total. The molecule has 1 aromatic rings. The monoisotopic (exact) mass is 308 g/mol. The van der Waals surface area contributed by atoms with Crippen molar-refractivity contribution in [2.24, 2.45) is 11.8 Å². The van der Waals surface area contributed by atoms with Crippen LogP contribution in [0.2, 0.25) is 0 Å². The molecule has 0 bridgehead atoms. The fraction of sp³-hybridized carbons (Fsp3) is 0.500. The zero-order valence-electron chi connectivity index (χ0n) is 12.2. The van der Waals surface area contributed by atoms with E-state index in [2.05, 4.69) is 0 Å². The van der Waals surface area contributed by atoms with Crippen LogP contribution in [0.5, 0.6) is 0 Å². The van der Waals surface area contributed by atoms with Gasteiger partial charge in [0.2, 0.25) is 0 Å². The molecule has 0 aliphatic carbocycles. The summed E-state index contributed by atoms with van der Waals surface area (Å²) in [4.78, 5) is 21.7. The van der Waals surface area contributed by atoms with Gasteiger partial charge in [-0.3, -0.25) is 9.59 Å². The minimum Gasteiger partial charge on any atom is -0.481 e. The van der Waals surface area contributed by atoms with E-state index in [0.29, 0.717) is 13.2 Å². The Bertz CT molecular complexity index is 477. The molecular formula is C16H20O6. The van der Waals surface area contributed by atoms with Crippen molar-refractivity contribution in [2.45, 2.75) is 25.6 Å². The van der Waals surface area contributed by atoms with Crippen LogP contribution >= 0.6 is 0 Å². The van der Waals surface area contributed by atoms with E-state index in [0.717, 1.165) is 6.42 Å². The average molecular weight is 308 g/mol. The molecule has 22 heavy (non-hydrogen) atoms. The average Bonchev–Trinajstić information content (AvgIpc) is 2.47. The molecule has 0 aromatic heterocycles. The van der Waals surface area contributed by atoms with Gasteiger partial charge < -0.3 is 19.7 Å². The molecule has 120 valence electrons. The molecule has 0 spiro atoms. The lowest BCUT2D eigenvalue weighted by Crippen LogP contribution is -2.39. The highest BCUT2D eigenvalue weighted by Gasteiger charge is 2.32. The molecular weight excluding hydrogens is 288 g/mol. The third kappa shape index (κ3) is 5.13. The summed E-state index contributed by atoms with van der Waals surface area (Å²) in [5, 5.41) is 17.7. The van der Waals surface area contributed by atoms with Crippen molar-refractivity contribution < 1.29 is 29.3 Å². The van der Waals surface area contributed by atoms with Crippen molar-refractivity contribution in [3.8, 4) is 0 Å². The van der Waals surface area contributed by atoms with Gasteiger partial charge in [-0.1, -0.05) is 30.3 Å². The Hall–Kier alpha value is -1.92. The van der Waals surface area contributed by atoms with Crippen LogP contribution in [0.1, 0.15) is 18.4 Å². The lowest BCUT2D eigenvalue weighted by molar-refractivity contribution is -0.227. The van der Waals surface area contributed by atoms with E-state index in [1.807, 2.05) is 30.3 Å². The predicted octanol–water partition coefficient (Wildman–Crippen LogP) is 1.78. The Morgan fingerprint density at radius 1 is 1.05 bits per heavy atom. The van der Waals surface area contributed by atoms with Gasteiger partial charge in [-0.2, -0.15) is 0 Å². The summed E-state index contributed by atoms with van der Waals surface area (Å²) in [6.45, 7) is 0.880. The first-order valence-electron chi connectivity index (χ1n) is 7.25. The van der Waals surface area contributed by atoms with Gasteiger partial charge in [0.15, 0.2) is 6.29 Å². The lowest BCUT2D eigenvalue weighted by Gasteiger charge is -2.33. The summed E-state index contributed by atoms with van der Waals surface area (Å²) in [5.74, 6) is -2.59. The molecule has 1 aromatic carbocycles. The Labute approximate surface area is 128 Å². The minimum absolute atomic E-state index is 0.189. The zero-order valence-corrected chi connectivity index (χ0v) is 12.2. The third-order valence-corrected chi connectivity index (χ3v) is 3.62. The SMILES string of the molecule is O=C(O)CC(CC(=O)O)C1OCC(Cc2ccccc2)CO1. The van der Waals surface area contributed by atoms with E-state index in [9.17, 15) is 9.59 Å². The Kier molecular flexibility index (Phi) is 5.91. The molecule has 0 atom stereocenters. The van der Waals surface area contributed by atoms with Crippen LogP contribution in [0.15, 0.2) is 30.3 Å². The van der Waals surface area contributed by atoms with Crippen LogP contribution in [0.25, 0.3) is 0 Å². The Balaban J connectivity index is 1.86. The molecule has 1 aliphatic rings. The van der Waals surface area contributed by atoms with Crippen LogP contribution in [0, 0.1) is 11.8 Å². The first-order chi connectivity index (χ1) is 10.5. The van der Waals surface area contributed by atoms with Crippen molar-refractivity contribution >= 4 is 11.9 Å². The van der Waals surface area contributed by atoms with E-state index in [1.54, 1.807) is 0 Å². The van der Waals surface area contributed by atoms with Gasteiger partial charge >= 0.3 is 11.9 Å². The van der Waals surface area contributed by atoms with Crippen LogP contribution in [-0.2, 0) is 25.5 Å². The van der Waals surface area contributed by atoms with E-state index in [1.165, 1.54) is 5.56 Å². The lowest BCUT2D eigenvalue weighted by atomic mass is 9.97. The number of hydrogen-bond donors (Lipinski definition) is 2. The molecule has 0 amide bonds. The Morgan fingerprint density at radius 2 is 1.59 bits per heavy atom. The number of carbonyl (C=O) groups is 2. The van der Waals surface area contributed by atoms with Crippen molar-refractivity contribution in [3.63, 3.8) is 0 Å². The van der Waals surface area contributed by atoms with Gasteiger partial charge in [-0.05, 0) is 12.0 Å². The Morgan fingerprint density at radius 3 is 2.09 bits per heavy atom. The smallest absolute Gasteiger partial charge is 0.303 e. The highest BCUT2D eigenvalue weighted by molar-refractivity contribution is 5.70. The second-order valence-corrected chi connectivity index (χ2v) is 5.55. The molecule has 2 rings (SSSR count). The standard InChI is InChI=1S/C16H20O6/c17-14(18)7-13(8-15(19)20)16-21-9-12(10-22-16)6-11-4-2-1-3-5-11/h1-5,12-13,16H,6-10H2,(H,17,18)(H,19,20). The van der Waals surface area contributed by atoms with Crippen molar-refractivity contribution in [1.29, 1.82) is 0 Å². The van der Waals surface area contributed by atoms with Gasteiger partial charge in [-0.25, -0.2) is 0 Å². The topological polar surface area (TPSA) is 93.1 Å². The highest BCUT2D eigenvalue weighted by atomic mass is 16.7. The fourth-order valence-electron chi connectivity index (χ4n) is 2.61. The molecule has 6 nitrogen and oxygen atoms in total. The molecule has 1 aliphatic heterocycles. The summed E-state index contributed by atoms with van der Waals surface area (Å²) in [6.07, 6.45) is -0.504. The number of carboxylic acids is 2. The predicted molar refractivity (Wildman–Crippen MR) is 77.3 cm³/mol. The zero-order chi connectivity index (χ0) is 15.9. The number of carboxylic acid groups (broad SMARTS) is 2. The van der Waals surface area contributed by atoms with Crippen molar-refractivity contribution in [1.82, 2.24) is 0 Å². The van der Waals surface area contributed by atoms with Crippen LogP contribution in [-0.4, -0.2) is 41.7 Å².